The van der Waals surface area contributed by atoms with Crippen LogP contribution in [0.2, 0.25) is 0 Å². The van der Waals surface area contributed by atoms with Gasteiger partial charge in [-0.1, -0.05) is 6.07 Å². The number of pyridine rings is 1. The van der Waals surface area contributed by atoms with Crippen molar-refractivity contribution < 1.29 is 0 Å². The number of rotatable bonds is 4. The van der Waals surface area contributed by atoms with Crippen LogP contribution >= 0.6 is 11.8 Å². The SMILES string of the molecule is Cc1cc2nc(-c3cc(SCc4cccnc4)[nH]n3)[nH]c2cc1C. The highest BCUT2D eigenvalue weighted by Crippen LogP contribution is 2.26. The molecule has 4 aromatic rings. The van der Waals surface area contributed by atoms with Crippen LogP contribution in [-0.4, -0.2) is 25.1 Å². The Labute approximate surface area is 143 Å². The number of imidazole rings is 1. The summed E-state index contributed by atoms with van der Waals surface area (Å²) in [6, 6.07) is 10.3. The van der Waals surface area contributed by atoms with E-state index in [1.54, 1.807) is 18.0 Å². The van der Waals surface area contributed by atoms with E-state index in [9.17, 15) is 0 Å². The molecule has 0 aliphatic rings. The van der Waals surface area contributed by atoms with E-state index >= 15 is 0 Å². The lowest BCUT2D eigenvalue weighted by molar-refractivity contribution is 1.00. The van der Waals surface area contributed by atoms with Crippen molar-refractivity contribution in [3.8, 4) is 11.5 Å². The Bertz CT molecular complexity index is 948. The monoisotopic (exact) mass is 335 g/mol. The minimum Gasteiger partial charge on any atom is -0.337 e. The molecule has 5 nitrogen and oxygen atoms in total. The Morgan fingerprint density at radius 2 is 2.00 bits per heavy atom. The van der Waals surface area contributed by atoms with Crippen LogP contribution in [0.15, 0.2) is 47.8 Å². The molecular weight excluding hydrogens is 318 g/mol. The molecule has 1 aromatic carbocycles. The summed E-state index contributed by atoms with van der Waals surface area (Å²) in [4.78, 5) is 12.1. The van der Waals surface area contributed by atoms with Gasteiger partial charge in [-0.05, 0) is 48.7 Å². The van der Waals surface area contributed by atoms with E-state index in [1.165, 1.54) is 16.7 Å². The van der Waals surface area contributed by atoms with E-state index in [1.807, 2.05) is 18.3 Å². The number of hydrogen-bond donors (Lipinski definition) is 2. The molecule has 3 heterocycles. The molecule has 0 aliphatic heterocycles. The van der Waals surface area contributed by atoms with Gasteiger partial charge in [0.15, 0.2) is 5.82 Å². The minimum atomic E-state index is 0.791. The number of aromatic amines is 2. The molecule has 6 heteroatoms. The van der Waals surface area contributed by atoms with Crippen LogP contribution < -0.4 is 0 Å². The summed E-state index contributed by atoms with van der Waals surface area (Å²) in [5.41, 5.74) is 6.53. The van der Waals surface area contributed by atoms with Crippen molar-refractivity contribution in [2.45, 2.75) is 24.6 Å². The van der Waals surface area contributed by atoms with E-state index in [0.29, 0.717) is 0 Å². The second kappa shape index (κ2) is 6.13. The Kier molecular flexibility index (Phi) is 3.82. The van der Waals surface area contributed by atoms with Gasteiger partial charge in [-0.15, -0.1) is 11.8 Å². The molecule has 0 unspecified atom stereocenters. The van der Waals surface area contributed by atoms with Crippen LogP contribution in [0.4, 0.5) is 0 Å². The first-order valence-corrected chi connectivity index (χ1v) is 8.72. The molecule has 0 spiro atoms. The fourth-order valence-corrected chi connectivity index (χ4v) is 3.33. The van der Waals surface area contributed by atoms with Gasteiger partial charge < -0.3 is 4.98 Å². The zero-order valence-corrected chi connectivity index (χ0v) is 14.3. The summed E-state index contributed by atoms with van der Waals surface area (Å²) in [6.07, 6.45) is 3.67. The number of aryl methyl sites for hydroxylation is 2. The second-order valence-corrected chi connectivity index (χ2v) is 6.82. The topological polar surface area (TPSA) is 70.2 Å². The Morgan fingerprint density at radius 1 is 1.12 bits per heavy atom. The van der Waals surface area contributed by atoms with E-state index in [2.05, 4.69) is 57.2 Å². The van der Waals surface area contributed by atoms with Gasteiger partial charge in [0.1, 0.15) is 5.69 Å². The maximum absolute atomic E-state index is 4.66. The predicted octanol–water partition coefficient (Wildman–Crippen LogP) is 4.26. The molecule has 120 valence electrons. The average Bonchev–Trinajstić information content (AvgIpc) is 3.21. The fraction of sp³-hybridized carbons (Fsp3) is 0.167. The first kappa shape index (κ1) is 15.0. The van der Waals surface area contributed by atoms with Gasteiger partial charge in [-0.25, -0.2) is 4.98 Å². The van der Waals surface area contributed by atoms with Crippen molar-refractivity contribution in [1.82, 2.24) is 25.1 Å². The van der Waals surface area contributed by atoms with Gasteiger partial charge in [0.05, 0.1) is 16.1 Å². The third-order valence-electron chi connectivity index (χ3n) is 4.01. The standard InChI is InChI=1S/C18H17N5S/c1-11-6-14-15(7-12(11)2)21-18(20-14)16-8-17(23-22-16)24-10-13-4-3-5-19-9-13/h3-9H,10H2,1-2H3,(H,20,21)(H,22,23). The number of fused-ring (bicyclic) bond motifs is 1. The summed E-state index contributed by atoms with van der Waals surface area (Å²) in [6.45, 7) is 4.21. The molecule has 0 fully saturated rings. The Balaban J connectivity index is 1.56. The van der Waals surface area contributed by atoms with Crippen molar-refractivity contribution >= 4 is 22.8 Å². The van der Waals surface area contributed by atoms with Crippen LogP contribution in [0.1, 0.15) is 16.7 Å². The lowest BCUT2D eigenvalue weighted by Crippen LogP contribution is -1.81. The molecule has 24 heavy (non-hydrogen) atoms. The molecular formula is C18H17N5S. The van der Waals surface area contributed by atoms with E-state index < -0.39 is 0 Å². The number of benzene rings is 1. The lowest BCUT2D eigenvalue weighted by atomic mass is 10.1. The Morgan fingerprint density at radius 3 is 2.83 bits per heavy atom. The maximum Gasteiger partial charge on any atom is 0.159 e. The summed E-state index contributed by atoms with van der Waals surface area (Å²) in [5.74, 6) is 1.65. The number of thioether (sulfide) groups is 1. The molecule has 0 atom stereocenters. The predicted molar refractivity (Wildman–Crippen MR) is 96.9 cm³/mol. The van der Waals surface area contributed by atoms with Gasteiger partial charge in [0, 0.05) is 24.2 Å². The quantitative estimate of drug-likeness (QED) is 0.547. The van der Waals surface area contributed by atoms with Crippen LogP contribution in [-0.2, 0) is 5.75 Å². The highest BCUT2D eigenvalue weighted by atomic mass is 32.2. The maximum atomic E-state index is 4.66. The summed E-state index contributed by atoms with van der Waals surface area (Å²) < 4.78 is 0. The van der Waals surface area contributed by atoms with E-state index in [0.717, 1.165) is 33.3 Å². The molecule has 0 radical (unpaired) electrons. The second-order valence-electron chi connectivity index (χ2n) is 5.81. The van der Waals surface area contributed by atoms with Gasteiger partial charge in [-0.2, -0.15) is 5.10 Å². The van der Waals surface area contributed by atoms with Gasteiger partial charge in [0.25, 0.3) is 0 Å². The van der Waals surface area contributed by atoms with Crippen molar-refractivity contribution in [2.24, 2.45) is 0 Å². The van der Waals surface area contributed by atoms with E-state index in [-0.39, 0.29) is 0 Å². The lowest BCUT2D eigenvalue weighted by Gasteiger charge is -1.97. The molecule has 2 N–H and O–H groups in total. The Hall–Kier alpha value is -2.60. The van der Waals surface area contributed by atoms with Gasteiger partial charge in [0.2, 0.25) is 0 Å². The molecule has 0 bridgehead atoms. The fourth-order valence-electron chi connectivity index (χ4n) is 2.53. The van der Waals surface area contributed by atoms with Crippen molar-refractivity contribution in [3.05, 3.63) is 59.4 Å². The molecule has 0 amide bonds. The van der Waals surface area contributed by atoms with Crippen LogP contribution in [0.25, 0.3) is 22.6 Å². The van der Waals surface area contributed by atoms with E-state index in [4.69, 9.17) is 0 Å². The summed E-state index contributed by atoms with van der Waals surface area (Å²) in [7, 11) is 0. The molecule has 0 saturated heterocycles. The molecule has 0 aliphatic carbocycles. The molecule has 0 saturated carbocycles. The van der Waals surface area contributed by atoms with Crippen LogP contribution in [0, 0.1) is 13.8 Å². The third kappa shape index (κ3) is 2.92. The highest BCUT2D eigenvalue weighted by Gasteiger charge is 2.10. The summed E-state index contributed by atoms with van der Waals surface area (Å²) >= 11 is 1.70. The van der Waals surface area contributed by atoms with Crippen molar-refractivity contribution in [1.29, 1.82) is 0 Å². The van der Waals surface area contributed by atoms with Gasteiger partial charge >= 0.3 is 0 Å². The smallest absolute Gasteiger partial charge is 0.159 e. The van der Waals surface area contributed by atoms with Crippen LogP contribution in [0.3, 0.4) is 0 Å². The van der Waals surface area contributed by atoms with Crippen LogP contribution in [0.5, 0.6) is 0 Å². The zero-order valence-electron chi connectivity index (χ0n) is 13.5. The highest BCUT2D eigenvalue weighted by molar-refractivity contribution is 7.98. The van der Waals surface area contributed by atoms with Crippen molar-refractivity contribution in [2.75, 3.05) is 0 Å². The number of H-pyrrole nitrogens is 2. The normalized spacial score (nSPS) is 11.2. The first-order valence-electron chi connectivity index (χ1n) is 7.73. The number of hydrogen-bond acceptors (Lipinski definition) is 4. The van der Waals surface area contributed by atoms with Crippen molar-refractivity contribution in [3.63, 3.8) is 0 Å². The summed E-state index contributed by atoms with van der Waals surface area (Å²) in [5, 5.41) is 8.47. The minimum absolute atomic E-state index is 0.791. The molecule has 4 rings (SSSR count). The first-order chi connectivity index (χ1) is 11.7. The number of aromatic nitrogens is 5. The third-order valence-corrected chi connectivity index (χ3v) is 5.01. The zero-order chi connectivity index (χ0) is 16.5. The number of nitrogens with one attached hydrogen (secondary N) is 2. The van der Waals surface area contributed by atoms with Gasteiger partial charge in [-0.3, -0.25) is 10.1 Å². The largest absolute Gasteiger partial charge is 0.337 e. The molecule has 3 aromatic heterocycles. The number of nitrogens with zero attached hydrogens (tertiary/aromatic N) is 3. The average molecular weight is 335 g/mol.